The molecule has 12 heavy (non-hydrogen) atoms. The molecular weight excluding hydrogens is 152 g/mol. The molecule has 0 saturated heterocycles. The minimum atomic E-state index is -0.341. The number of carbonyl (C=O) groups excluding carboxylic acids is 1. The van der Waals surface area contributed by atoms with Crippen molar-refractivity contribution >= 4 is 5.91 Å². The minimum Gasteiger partial charge on any atom is -0.366 e. The second kappa shape index (κ2) is 4.93. The molecular formula is C9H18N2O. The first-order chi connectivity index (χ1) is 5.49. The summed E-state index contributed by atoms with van der Waals surface area (Å²) in [5.41, 5.74) is 5.73. The SMILES string of the molecule is CCN(C)C(C)/C=C(\C)C(N)=O. The van der Waals surface area contributed by atoms with Gasteiger partial charge in [0.15, 0.2) is 0 Å². The maximum absolute atomic E-state index is 10.7. The summed E-state index contributed by atoms with van der Waals surface area (Å²) in [6.45, 7) is 6.81. The number of carbonyl (C=O) groups is 1. The highest BCUT2D eigenvalue weighted by Gasteiger charge is 2.05. The van der Waals surface area contributed by atoms with Crippen molar-refractivity contribution in [2.45, 2.75) is 26.8 Å². The average Bonchev–Trinajstić information content (AvgIpc) is 2.02. The maximum atomic E-state index is 10.7. The summed E-state index contributed by atoms with van der Waals surface area (Å²) >= 11 is 0. The van der Waals surface area contributed by atoms with E-state index in [2.05, 4.69) is 11.8 Å². The Kier molecular flexibility index (Phi) is 4.59. The summed E-state index contributed by atoms with van der Waals surface area (Å²) in [4.78, 5) is 12.8. The van der Waals surface area contributed by atoms with E-state index in [0.717, 1.165) is 6.54 Å². The molecule has 0 aliphatic carbocycles. The Morgan fingerprint density at radius 1 is 1.67 bits per heavy atom. The van der Waals surface area contributed by atoms with E-state index in [1.807, 2.05) is 20.0 Å². The van der Waals surface area contributed by atoms with Crippen molar-refractivity contribution in [3.63, 3.8) is 0 Å². The van der Waals surface area contributed by atoms with Gasteiger partial charge in [-0.15, -0.1) is 0 Å². The fourth-order valence-corrected chi connectivity index (χ4v) is 0.859. The Labute approximate surface area is 74.2 Å². The molecule has 1 amide bonds. The highest BCUT2D eigenvalue weighted by Crippen LogP contribution is 2.00. The average molecular weight is 170 g/mol. The summed E-state index contributed by atoms with van der Waals surface area (Å²) in [5, 5.41) is 0. The van der Waals surface area contributed by atoms with E-state index in [4.69, 9.17) is 5.73 Å². The number of hydrogen-bond acceptors (Lipinski definition) is 2. The van der Waals surface area contributed by atoms with Crippen LogP contribution in [0.5, 0.6) is 0 Å². The first kappa shape index (κ1) is 11.2. The number of amides is 1. The summed E-state index contributed by atoms with van der Waals surface area (Å²) in [6.07, 6.45) is 1.88. The topological polar surface area (TPSA) is 46.3 Å². The number of rotatable bonds is 4. The third-order valence-corrected chi connectivity index (χ3v) is 2.07. The third-order valence-electron chi connectivity index (χ3n) is 2.07. The van der Waals surface area contributed by atoms with Crippen LogP contribution in [0.15, 0.2) is 11.6 Å². The number of primary amides is 1. The van der Waals surface area contributed by atoms with Gasteiger partial charge in [-0.3, -0.25) is 4.79 Å². The molecule has 0 aromatic heterocycles. The van der Waals surface area contributed by atoms with Crippen molar-refractivity contribution < 1.29 is 4.79 Å². The Hall–Kier alpha value is -0.830. The van der Waals surface area contributed by atoms with E-state index in [-0.39, 0.29) is 11.9 Å². The lowest BCUT2D eigenvalue weighted by atomic mass is 10.2. The Balaban J connectivity index is 4.22. The number of nitrogens with two attached hydrogens (primary N) is 1. The molecule has 0 aliphatic rings. The van der Waals surface area contributed by atoms with Gasteiger partial charge in [0.2, 0.25) is 5.91 Å². The number of nitrogens with zero attached hydrogens (tertiary/aromatic N) is 1. The third kappa shape index (κ3) is 3.53. The molecule has 70 valence electrons. The van der Waals surface area contributed by atoms with Gasteiger partial charge in [-0.1, -0.05) is 13.0 Å². The van der Waals surface area contributed by atoms with Gasteiger partial charge in [0, 0.05) is 11.6 Å². The largest absolute Gasteiger partial charge is 0.366 e. The molecule has 0 heterocycles. The summed E-state index contributed by atoms with van der Waals surface area (Å²) in [7, 11) is 2.01. The molecule has 0 aromatic carbocycles. The van der Waals surface area contributed by atoms with Crippen LogP contribution >= 0.6 is 0 Å². The van der Waals surface area contributed by atoms with Gasteiger partial charge in [0.05, 0.1) is 0 Å². The van der Waals surface area contributed by atoms with E-state index in [1.165, 1.54) is 0 Å². The zero-order chi connectivity index (χ0) is 9.72. The standard InChI is InChI=1S/C9H18N2O/c1-5-11(4)8(3)6-7(2)9(10)12/h6,8H,5H2,1-4H3,(H2,10,12)/b7-6+. The normalized spacial score (nSPS) is 14.9. The zero-order valence-electron chi connectivity index (χ0n) is 8.29. The van der Waals surface area contributed by atoms with Gasteiger partial charge in [0.25, 0.3) is 0 Å². The van der Waals surface area contributed by atoms with Crippen LogP contribution in [0.1, 0.15) is 20.8 Å². The van der Waals surface area contributed by atoms with Crippen LogP contribution in [0.25, 0.3) is 0 Å². The Morgan fingerprint density at radius 2 is 2.17 bits per heavy atom. The first-order valence-corrected chi connectivity index (χ1v) is 4.17. The summed E-state index contributed by atoms with van der Waals surface area (Å²) in [6, 6.07) is 0.266. The molecule has 0 bridgehead atoms. The van der Waals surface area contributed by atoms with Crippen molar-refractivity contribution in [3.8, 4) is 0 Å². The van der Waals surface area contributed by atoms with Crippen molar-refractivity contribution in [3.05, 3.63) is 11.6 Å². The monoisotopic (exact) mass is 170 g/mol. The predicted molar refractivity (Wildman–Crippen MR) is 50.7 cm³/mol. The van der Waals surface area contributed by atoms with Crippen LogP contribution in [0.2, 0.25) is 0 Å². The lowest BCUT2D eigenvalue weighted by molar-refractivity contribution is -0.114. The van der Waals surface area contributed by atoms with Crippen molar-refractivity contribution in [2.24, 2.45) is 5.73 Å². The maximum Gasteiger partial charge on any atom is 0.244 e. The second-order valence-corrected chi connectivity index (χ2v) is 3.03. The molecule has 1 unspecified atom stereocenters. The Morgan fingerprint density at radius 3 is 2.50 bits per heavy atom. The molecule has 2 N–H and O–H groups in total. The predicted octanol–water partition coefficient (Wildman–Crippen LogP) is 0.758. The highest BCUT2D eigenvalue weighted by atomic mass is 16.1. The summed E-state index contributed by atoms with van der Waals surface area (Å²) < 4.78 is 0. The van der Waals surface area contributed by atoms with Crippen molar-refractivity contribution in [1.29, 1.82) is 0 Å². The molecule has 1 atom stereocenters. The van der Waals surface area contributed by atoms with E-state index in [9.17, 15) is 4.79 Å². The van der Waals surface area contributed by atoms with E-state index in [0.29, 0.717) is 5.57 Å². The molecule has 3 nitrogen and oxygen atoms in total. The molecule has 0 aliphatic heterocycles. The van der Waals surface area contributed by atoms with Gasteiger partial charge in [0.1, 0.15) is 0 Å². The van der Waals surface area contributed by atoms with E-state index < -0.39 is 0 Å². The fourth-order valence-electron chi connectivity index (χ4n) is 0.859. The van der Waals surface area contributed by atoms with E-state index >= 15 is 0 Å². The van der Waals surface area contributed by atoms with E-state index in [1.54, 1.807) is 6.92 Å². The molecule has 0 radical (unpaired) electrons. The van der Waals surface area contributed by atoms with Gasteiger partial charge < -0.3 is 10.6 Å². The first-order valence-electron chi connectivity index (χ1n) is 4.17. The molecule has 3 heteroatoms. The lowest BCUT2D eigenvalue weighted by Crippen LogP contribution is -2.28. The molecule has 0 spiro atoms. The second-order valence-electron chi connectivity index (χ2n) is 3.03. The Bertz CT molecular complexity index is 187. The van der Waals surface area contributed by atoms with Gasteiger partial charge in [-0.05, 0) is 27.4 Å². The van der Waals surface area contributed by atoms with Crippen LogP contribution in [0.4, 0.5) is 0 Å². The molecule has 0 saturated carbocycles. The van der Waals surface area contributed by atoms with Crippen LogP contribution in [-0.2, 0) is 4.79 Å². The molecule has 0 rings (SSSR count). The van der Waals surface area contributed by atoms with Crippen molar-refractivity contribution in [2.75, 3.05) is 13.6 Å². The molecule has 0 fully saturated rings. The van der Waals surface area contributed by atoms with Gasteiger partial charge >= 0.3 is 0 Å². The highest BCUT2D eigenvalue weighted by molar-refractivity contribution is 5.91. The summed E-state index contributed by atoms with van der Waals surface area (Å²) in [5.74, 6) is -0.341. The number of likely N-dealkylation sites (N-methyl/N-ethyl adjacent to an activating group) is 1. The van der Waals surface area contributed by atoms with Gasteiger partial charge in [-0.25, -0.2) is 0 Å². The molecule has 0 aromatic rings. The zero-order valence-corrected chi connectivity index (χ0v) is 8.29. The van der Waals surface area contributed by atoms with Gasteiger partial charge in [-0.2, -0.15) is 0 Å². The quantitative estimate of drug-likeness (QED) is 0.633. The fraction of sp³-hybridized carbons (Fsp3) is 0.667. The van der Waals surface area contributed by atoms with Crippen LogP contribution in [0.3, 0.4) is 0 Å². The van der Waals surface area contributed by atoms with Crippen molar-refractivity contribution in [1.82, 2.24) is 4.90 Å². The smallest absolute Gasteiger partial charge is 0.244 e. The number of hydrogen-bond donors (Lipinski definition) is 1. The minimum absolute atomic E-state index is 0.266. The lowest BCUT2D eigenvalue weighted by Gasteiger charge is -2.19. The van der Waals surface area contributed by atoms with Crippen LogP contribution < -0.4 is 5.73 Å². The van der Waals surface area contributed by atoms with Crippen LogP contribution in [0, 0.1) is 0 Å². The van der Waals surface area contributed by atoms with Crippen LogP contribution in [-0.4, -0.2) is 30.4 Å².